The molecule has 2 atom stereocenters. The Kier molecular flexibility index (Phi) is 12.4. The molecule has 0 spiro atoms. The lowest BCUT2D eigenvalue weighted by Crippen LogP contribution is -2.31. The second-order valence-corrected chi connectivity index (χ2v) is 5.63. The highest BCUT2D eigenvalue weighted by molar-refractivity contribution is 4.70. The van der Waals surface area contributed by atoms with Crippen molar-refractivity contribution >= 4 is 0 Å². The van der Waals surface area contributed by atoms with Crippen LogP contribution in [0, 0.1) is 5.92 Å². The van der Waals surface area contributed by atoms with Gasteiger partial charge in [0.15, 0.2) is 0 Å². The summed E-state index contributed by atoms with van der Waals surface area (Å²) in [5.41, 5.74) is 0. The molecule has 0 aromatic heterocycles. The Labute approximate surface area is 110 Å². The second kappa shape index (κ2) is 12.4. The summed E-state index contributed by atoms with van der Waals surface area (Å²) < 4.78 is 0. The van der Waals surface area contributed by atoms with Gasteiger partial charge in [0, 0.05) is 6.04 Å². The number of hydrogen-bond donors (Lipinski definition) is 1. The number of rotatable bonds is 12. The first kappa shape index (κ1) is 17.0. The highest BCUT2D eigenvalue weighted by Crippen LogP contribution is 2.16. The molecule has 104 valence electrons. The van der Waals surface area contributed by atoms with Gasteiger partial charge in [0.2, 0.25) is 0 Å². The van der Waals surface area contributed by atoms with E-state index in [1.807, 2.05) is 0 Å². The van der Waals surface area contributed by atoms with Crippen molar-refractivity contribution < 1.29 is 0 Å². The van der Waals surface area contributed by atoms with Crippen LogP contribution in [0.5, 0.6) is 0 Å². The highest BCUT2D eigenvalue weighted by atomic mass is 14.9. The summed E-state index contributed by atoms with van der Waals surface area (Å²) in [5.74, 6) is 0.889. The minimum absolute atomic E-state index is 0.772. The molecule has 0 saturated carbocycles. The first-order valence-corrected chi connectivity index (χ1v) is 7.97. The van der Waals surface area contributed by atoms with E-state index in [1.54, 1.807) is 0 Å². The van der Waals surface area contributed by atoms with Gasteiger partial charge in [-0.25, -0.2) is 0 Å². The Balaban J connectivity index is 3.78. The number of nitrogens with one attached hydrogen (secondary N) is 1. The quantitative estimate of drug-likeness (QED) is 0.466. The molecule has 0 fully saturated rings. The van der Waals surface area contributed by atoms with Gasteiger partial charge in [0.25, 0.3) is 0 Å². The molecule has 0 saturated heterocycles. The van der Waals surface area contributed by atoms with Crippen molar-refractivity contribution in [2.24, 2.45) is 5.92 Å². The van der Waals surface area contributed by atoms with Crippen molar-refractivity contribution in [3.8, 4) is 0 Å². The van der Waals surface area contributed by atoms with Crippen molar-refractivity contribution in [3.05, 3.63) is 0 Å². The van der Waals surface area contributed by atoms with Crippen molar-refractivity contribution in [1.29, 1.82) is 0 Å². The van der Waals surface area contributed by atoms with E-state index in [4.69, 9.17) is 0 Å². The molecule has 1 N–H and O–H groups in total. The van der Waals surface area contributed by atoms with Crippen LogP contribution in [0.25, 0.3) is 0 Å². The van der Waals surface area contributed by atoms with Crippen LogP contribution in [0.1, 0.15) is 85.5 Å². The molecule has 1 heteroatoms. The van der Waals surface area contributed by atoms with Crippen molar-refractivity contribution in [1.82, 2.24) is 5.32 Å². The molecule has 0 aliphatic carbocycles. The minimum Gasteiger partial charge on any atom is -0.314 e. The Morgan fingerprint density at radius 3 is 2.18 bits per heavy atom. The number of unbranched alkanes of at least 4 members (excludes halogenated alkanes) is 3. The molecule has 0 aromatic carbocycles. The molecule has 0 amide bonds. The van der Waals surface area contributed by atoms with Crippen LogP contribution in [0.3, 0.4) is 0 Å². The largest absolute Gasteiger partial charge is 0.314 e. The maximum atomic E-state index is 3.74. The van der Waals surface area contributed by atoms with Crippen LogP contribution in [-0.4, -0.2) is 12.6 Å². The van der Waals surface area contributed by atoms with Gasteiger partial charge >= 0.3 is 0 Å². The summed E-state index contributed by atoms with van der Waals surface area (Å²) in [4.78, 5) is 0. The van der Waals surface area contributed by atoms with Crippen LogP contribution in [0.2, 0.25) is 0 Å². The van der Waals surface area contributed by atoms with Gasteiger partial charge in [-0.2, -0.15) is 0 Å². The first-order chi connectivity index (χ1) is 8.24. The number of hydrogen-bond acceptors (Lipinski definition) is 1. The average Bonchev–Trinajstić information content (AvgIpc) is 2.31. The molecular formula is C16H35N. The molecular weight excluding hydrogens is 206 g/mol. The van der Waals surface area contributed by atoms with Gasteiger partial charge in [-0.15, -0.1) is 0 Å². The maximum absolute atomic E-state index is 3.74. The normalized spacial score (nSPS) is 14.8. The van der Waals surface area contributed by atoms with E-state index in [-0.39, 0.29) is 0 Å². The smallest absolute Gasteiger partial charge is 0.00695 e. The summed E-state index contributed by atoms with van der Waals surface area (Å²) in [6.07, 6.45) is 12.3. The van der Waals surface area contributed by atoms with Crippen molar-refractivity contribution in [2.75, 3.05) is 6.54 Å². The Bertz CT molecular complexity index is 144. The van der Waals surface area contributed by atoms with Gasteiger partial charge in [0.05, 0.1) is 0 Å². The van der Waals surface area contributed by atoms with Gasteiger partial charge < -0.3 is 5.32 Å². The van der Waals surface area contributed by atoms with E-state index < -0.39 is 0 Å². The van der Waals surface area contributed by atoms with Crippen LogP contribution >= 0.6 is 0 Å². The van der Waals surface area contributed by atoms with Crippen molar-refractivity contribution in [2.45, 2.75) is 91.5 Å². The zero-order valence-electron chi connectivity index (χ0n) is 12.7. The summed E-state index contributed by atoms with van der Waals surface area (Å²) in [6, 6.07) is 0.772. The minimum atomic E-state index is 0.772. The van der Waals surface area contributed by atoms with Crippen LogP contribution in [0.4, 0.5) is 0 Å². The van der Waals surface area contributed by atoms with Crippen LogP contribution < -0.4 is 5.32 Å². The third-order valence-electron chi connectivity index (χ3n) is 3.56. The summed E-state index contributed by atoms with van der Waals surface area (Å²) in [7, 11) is 0. The average molecular weight is 241 g/mol. The third-order valence-corrected chi connectivity index (χ3v) is 3.56. The Morgan fingerprint density at radius 2 is 1.59 bits per heavy atom. The summed E-state index contributed by atoms with van der Waals surface area (Å²) in [5, 5.41) is 3.74. The Morgan fingerprint density at radius 1 is 0.824 bits per heavy atom. The van der Waals surface area contributed by atoms with E-state index in [0.29, 0.717) is 0 Å². The fourth-order valence-electron chi connectivity index (χ4n) is 2.57. The topological polar surface area (TPSA) is 12.0 Å². The standard InChI is InChI=1S/C16H35N/c1-5-8-9-10-12-16(17-13-7-3)14-15(4)11-6-2/h15-17H,5-14H2,1-4H3. The molecule has 1 nitrogen and oxygen atoms in total. The predicted molar refractivity (Wildman–Crippen MR) is 79.5 cm³/mol. The third kappa shape index (κ3) is 10.8. The van der Waals surface area contributed by atoms with Gasteiger partial charge in [-0.1, -0.05) is 66.2 Å². The first-order valence-electron chi connectivity index (χ1n) is 7.97. The lowest BCUT2D eigenvalue weighted by atomic mass is 9.94. The van der Waals surface area contributed by atoms with Crippen LogP contribution in [-0.2, 0) is 0 Å². The van der Waals surface area contributed by atoms with Gasteiger partial charge in [-0.3, -0.25) is 0 Å². The summed E-state index contributed by atoms with van der Waals surface area (Å²) >= 11 is 0. The molecule has 0 rings (SSSR count). The van der Waals surface area contributed by atoms with E-state index >= 15 is 0 Å². The Hall–Kier alpha value is -0.0400. The molecule has 0 aromatic rings. The molecule has 0 radical (unpaired) electrons. The molecule has 0 bridgehead atoms. The monoisotopic (exact) mass is 241 g/mol. The summed E-state index contributed by atoms with van der Waals surface area (Å²) in [6.45, 7) is 10.5. The van der Waals surface area contributed by atoms with Gasteiger partial charge in [0.1, 0.15) is 0 Å². The molecule has 0 aliphatic rings. The van der Waals surface area contributed by atoms with Crippen molar-refractivity contribution in [3.63, 3.8) is 0 Å². The zero-order chi connectivity index (χ0) is 12.9. The molecule has 0 heterocycles. The van der Waals surface area contributed by atoms with Crippen LogP contribution in [0.15, 0.2) is 0 Å². The zero-order valence-corrected chi connectivity index (χ0v) is 12.7. The maximum Gasteiger partial charge on any atom is 0.00695 e. The molecule has 2 unspecified atom stereocenters. The molecule has 17 heavy (non-hydrogen) atoms. The van der Waals surface area contributed by atoms with E-state index in [9.17, 15) is 0 Å². The van der Waals surface area contributed by atoms with E-state index in [2.05, 4.69) is 33.0 Å². The van der Waals surface area contributed by atoms with Gasteiger partial charge in [-0.05, 0) is 31.7 Å². The van der Waals surface area contributed by atoms with E-state index in [0.717, 1.165) is 12.0 Å². The highest BCUT2D eigenvalue weighted by Gasteiger charge is 2.11. The fourth-order valence-corrected chi connectivity index (χ4v) is 2.57. The SMILES string of the molecule is CCCCCCC(CC(C)CCC)NCCC. The fraction of sp³-hybridized carbons (Fsp3) is 1.00. The van der Waals surface area contributed by atoms with E-state index in [1.165, 1.54) is 64.3 Å². The molecule has 0 aliphatic heterocycles. The lowest BCUT2D eigenvalue weighted by molar-refractivity contribution is 0.358. The lowest BCUT2D eigenvalue weighted by Gasteiger charge is -2.22. The predicted octanol–water partition coefficient (Wildman–Crippen LogP) is 5.15. The second-order valence-electron chi connectivity index (χ2n) is 5.63.